The fraction of sp³-hybridized carbons (Fsp3) is 0.250. The molecule has 1 radical (unpaired) electrons. The number of rotatable bonds is 2. The van der Waals surface area contributed by atoms with Gasteiger partial charge in [0.15, 0.2) is 0 Å². The molecule has 0 bridgehead atoms. The van der Waals surface area contributed by atoms with Crippen molar-refractivity contribution < 1.29 is 0 Å². The molecule has 18 heavy (non-hydrogen) atoms. The molecular formula is C16H20ClSi. The van der Waals surface area contributed by atoms with Crippen LogP contribution in [-0.4, -0.2) is 8.80 Å². The Kier molecular flexibility index (Phi) is 5.18. The summed E-state index contributed by atoms with van der Waals surface area (Å²) in [4.78, 5) is 0. The third-order valence-corrected chi connectivity index (χ3v) is 6.20. The number of benzene rings is 2. The summed E-state index contributed by atoms with van der Waals surface area (Å²) < 4.78 is 0. The molecule has 95 valence electrons. The van der Waals surface area contributed by atoms with E-state index in [0.717, 1.165) is 0 Å². The van der Waals surface area contributed by atoms with E-state index >= 15 is 0 Å². The van der Waals surface area contributed by atoms with Crippen molar-refractivity contribution in [3.05, 3.63) is 60.7 Å². The molecule has 0 atom stereocenters. The molecule has 0 N–H and O–H groups in total. The first-order valence-corrected chi connectivity index (χ1v) is 7.57. The Hall–Kier alpha value is -1.05. The van der Waals surface area contributed by atoms with Gasteiger partial charge in [0.2, 0.25) is 0 Å². The van der Waals surface area contributed by atoms with Gasteiger partial charge < -0.3 is 0 Å². The van der Waals surface area contributed by atoms with Gasteiger partial charge in [-0.3, -0.25) is 0 Å². The van der Waals surface area contributed by atoms with Gasteiger partial charge in [-0.15, -0.1) is 12.4 Å². The molecule has 2 aromatic rings. The largest absolute Gasteiger partial charge is 0.147 e. The zero-order chi connectivity index (χ0) is 12.3. The van der Waals surface area contributed by atoms with E-state index in [-0.39, 0.29) is 12.4 Å². The Morgan fingerprint density at radius 3 is 1.28 bits per heavy atom. The van der Waals surface area contributed by atoms with Crippen molar-refractivity contribution in [3.8, 4) is 0 Å². The van der Waals surface area contributed by atoms with Gasteiger partial charge in [0, 0.05) is 0 Å². The van der Waals surface area contributed by atoms with Crippen LogP contribution in [0.2, 0.25) is 5.04 Å². The second-order valence-electron chi connectivity index (χ2n) is 5.36. The normalized spacial score (nSPS) is 11.1. The second-order valence-corrected chi connectivity index (χ2v) is 8.76. The molecule has 2 heteroatoms. The van der Waals surface area contributed by atoms with Gasteiger partial charge in [0.1, 0.15) is 8.80 Å². The Bertz CT molecular complexity index is 420. The first-order valence-electron chi connectivity index (χ1n) is 6.07. The van der Waals surface area contributed by atoms with E-state index in [1.807, 2.05) is 0 Å². The summed E-state index contributed by atoms with van der Waals surface area (Å²) in [6.07, 6.45) is 0. The average Bonchev–Trinajstić information content (AvgIpc) is 2.30. The number of hydrogen-bond donors (Lipinski definition) is 0. The van der Waals surface area contributed by atoms with Crippen molar-refractivity contribution in [2.75, 3.05) is 0 Å². The molecule has 0 aromatic heterocycles. The third-order valence-electron chi connectivity index (χ3n) is 2.87. The van der Waals surface area contributed by atoms with Crippen molar-refractivity contribution in [3.63, 3.8) is 0 Å². The molecule has 0 fully saturated rings. The van der Waals surface area contributed by atoms with E-state index in [0.29, 0.717) is 5.04 Å². The van der Waals surface area contributed by atoms with Gasteiger partial charge in [0.05, 0.1) is 0 Å². The van der Waals surface area contributed by atoms with Gasteiger partial charge in [0.25, 0.3) is 0 Å². The maximum absolute atomic E-state index is 2.35. The molecule has 0 heterocycles. The predicted octanol–water partition coefficient (Wildman–Crippen LogP) is 3.52. The van der Waals surface area contributed by atoms with Crippen LogP contribution >= 0.6 is 12.4 Å². The summed E-state index contributed by atoms with van der Waals surface area (Å²) >= 11 is 0. The molecular weight excluding hydrogens is 256 g/mol. The van der Waals surface area contributed by atoms with Gasteiger partial charge in [-0.05, 0) is 5.04 Å². The first kappa shape index (κ1) is 15.0. The maximum atomic E-state index is 2.35. The highest BCUT2D eigenvalue weighted by molar-refractivity contribution is 6.87. The highest BCUT2D eigenvalue weighted by Crippen LogP contribution is 2.26. The Balaban J connectivity index is 0.00000162. The highest BCUT2D eigenvalue weighted by atomic mass is 35.5. The lowest BCUT2D eigenvalue weighted by Crippen LogP contribution is -2.48. The van der Waals surface area contributed by atoms with E-state index in [2.05, 4.69) is 81.4 Å². The van der Waals surface area contributed by atoms with Crippen LogP contribution in [0.1, 0.15) is 20.8 Å². The molecule has 2 rings (SSSR count). The van der Waals surface area contributed by atoms with Crippen LogP contribution in [0.4, 0.5) is 0 Å². The zero-order valence-electron chi connectivity index (χ0n) is 11.2. The molecule has 0 amide bonds. The van der Waals surface area contributed by atoms with Crippen LogP contribution < -0.4 is 10.4 Å². The predicted molar refractivity (Wildman–Crippen MR) is 84.9 cm³/mol. The van der Waals surface area contributed by atoms with E-state index in [9.17, 15) is 0 Å². The van der Waals surface area contributed by atoms with E-state index in [1.54, 1.807) is 0 Å². The van der Waals surface area contributed by atoms with Crippen molar-refractivity contribution in [2.45, 2.75) is 25.8 Å². The topological polar surface area (TPSA) is 0 Å². The molecule has 2 aromatic carbocycles. The monoisotopic (exact) mass is 275 g/mol. The van der Waals surface area contributed by atoms with E-state index in [1.165, 1.54) is 10.4 Å². The third kappa shape index (κ3) is 3.47. The van der Waals surface area contributed by atoms with Crippen molar-refractivity contribution in [1.82, 2.24) is 0 Å². The van der Waals surface area contributed by atoms with E-state index < -0.39 is 8.80 Å². The summed E-state index contributed by atoms with van der Waals surface area (Å²) in [6.45, 7) is 7.05. The van der Waals surface area contributed by atoms with Gasteiger partial charge in [-0.2, -0.15) is 0 Å². The van der Waals surface area contributed by atoms with Gasteiger partial charge >= 0.3 is 0 Å². The summed E-state index contributed by atoms with van der Waals surface area (Å²) in [6, 6.07) is 21.9. The lowest BCUT2D eigenvalue weighted by atomic mass is 10.2. The zero-order valence-corrected chi connectivity index (χ0v) is 13.0. The average molecular weight is 276 g/mol. The highest BCUT2D eigenvalue weighted by Gasteiger charge is 2.29. The van der Waals surface area contributed by atoms with Crippen molar-refractivity contribution >= 4 is 31.6 Å². The fourth-order valence-corrected chi connectivity index (χ4v) is 5.36. The lowest BCUT2D eigenvalue weighted by Gasteiger charge is -2.29. The van der Waals surface area contributed by atoms with Gasteiger partial charge in [-0.1, -0.05) is 91.8 Å². The quantitative estimate of drug-likeness (QED) is 0.736. The van der Waals surface area contributed by atoms with Gasteiger partial charge in [-0.25, -0.2) is 0 Å². The van der Waals surface area contributed by atoms with Crippen LogP contribution in [0.25, 0.3) is 0 Å². The standard InChI is InChI=1S/C16H19Si.ClH/c1-16(2,3)17(14-10-6-4-7-11-14)15-12-8-5-9-13-15;/h4-13H,1-3H3;1H. The SMILES string of the molecule is CC(C)(C)[Si](c1ccccc1)c1ccccc1.Cl. The minimum Gasteiger partial charge on any atom is -0.147 e. The van der Waals surface area contributed by atoms with Crippen LogP contribution in [0.3, 0.4) is 0 Å². The minimum absolute atomic E-state index is 0. The smallest absolute Gasteiger partial charge is 0.126 e. The molecule has 0 unspecified atom stereocenters. The second kappa shape index (κ2) is 6.21. The molecule has 0 aliphatic heterocycles. The molecule has 0 nitrogen and oxygen atoms in total. The number of hydrogen-bond acceptors (Lipinski definition) is 0. The van der Waals surface area contributed by atoms with Crippen LogP contribution in [-0.2, 0) is 0 Å². The molecule has 0 saturated heterocycles. The summed E-state index contributed by atoms with van der Waals surface area (Å²) in [5.41, 5.74) is 0. The van der Waals surface area contributed by atoms with Crippen molar-refractivity contribution in [2.24, 2.45) is 0 Å². The van der Waals surface area contributed by atoms with Crippen LogP contribution in [0.5, 0.6) is 0 Å². The fourth-order valence-electron chi connectivity index (χ4n) is 2.24. The minimum atomic E-state index is -0.715. The molecule has 0 saturated carbocycles. The van der Waals surface area contributed by atoms with Crippen molar-refractivity contribution in [1.29, 1.82) is 0 Å². The molecule has 0 aliphatic carbocycles. The Labute approximate surface area is 118 Å². The summed E-state index contributed by atoms with van der Waals surface area (Å²) in [7, 11) is -0.715. The molecule has 0 spiro atoms. The lowest BCUT2D eigenvalue weighted by molar-refractivity contribution is 0.750. The van der Waals surface area contributed by atoms with Crippen LogP contribution in [0, 0.1) is 0 Å². The van der Waals surface area contributed by atoms with E-state index in [4.69, 9.17) is 0 Å². The maximum Gasteiger partial charge on any atom is 0.126 e. The Morgan fingerprint density at radius 2 is 1.00 bits per heavy atom. The summed E-state index contributed by atoms with van der Waals surface area (Å²) in [5.74, 6) is 0. The first-order chi connectivity index (χ1) is 8.09. The Morgan fingerprint density at radius 1 is 0.667 bits per heavy atom. The summed E-state index contributed by atoms with van der Waals surface area (Å²) in [5, 5.41) is 3.32. The van der Waals surface area contributed by atoms with Crippen LogP contribution in [0.15, 0.2) is 60.7 Å². The molecule has 0 aliphatic rings. The number of halogens is 1.